The van der Waals surface area contributed by atoms with Crippen LogP contribution in [0.15, 0.2) is 17.1 Å². The molecule has 2 rings (SSSR count). The lowest BCUT2D eigenvalue weighted by atomic mass is 9.88. The summed E-state index contributed by atoms with van der Waals surface area (Å²) in [6.45, 7) is 4.66. The molecule has 1 aliphatic carbocycles. The van der Waals surface area contributed by atoms with E-state index in [9.17, 15) is 5.11 Å². The van der Waals surface area contributed by atoms with Crippen LogP contribution in [0.5, 0.6) is 5.75 Å². The van der Waals surface area contributed by atoms with E-state index in [0.717, 1.165) is 31.0 Å². The molecule has 0 unspecified atom stereocenters. The van der Waals surface area contributed by atoms with E-state index in [-0.39, 0.29) is 24.0 Å². The highest BCUT2D eigenvalue weighted by atomic mass is 127. The fourth-order valence-corrected chi connectivity index (χ4v) is 2.87. The van der Waals surface area contributed by atoms with Crippen molar-refractivity contribution in [3.63, 3.8) is 0 Å². The van der Waals surface area contributed by atoms with Crippen molar-refractivity contribution < 1.29 is 9.84 Å². The van der Waals surface area contributed by atoms with Gasteiger partial charge in [0, 0.05) is 32.3 Å². The first-order chi connectivity index (χ1) is 10.8. The fraction of sp³-hybridized carbons (Fsp3) is 0.588. The number of hydrogen-bond acceptors (Lipinski definition) is 3. The van der Waals surface area contributed by atoms with Gasteiger partial charge >= 0.3 is 0 Å². The van der Waals surface area contributed by atoms with Crippen LogP contribution in [-0.2, 0) is 24.1 Å². The number of aromatic hydroxyl groups is 1. The molecule has 0 fully saturated rings. The molecule has 0 spiro atoms. The third-order valence-electron chi connectivity index (χ3n) is 4.03. The second kappa shape index (κ2) is 10.7. The SMILES string of the molecule is CCOCCNC(=NC)NCc1c(O)ccc2c1CCCC2.I. The maximum absolute atomic E-state index is 10.2. The summed E-state index contributed by atoms with van der Waals surface area (Å²) in [6, 6.07) is 3.87. The van der Waals surface area contributed by atoms with Crippen LogP contribution in [0, 0.1) is 0 Å². The van der Waals surface area contributed by atoms with Crippen molar-refractivity contribution in [3.8, 4) is 5.75 Å². The van der Waals surface area contributed by atoms with Crippen molar-refractivity contribution in [3.05, 3.63) is 28.8 Å². The molecule has 1 aromatic rings. The minimum Gasteiger partial charge on any atom is -0.508 e. The number of aryl methyl sites for hydroxylation is 1. The lowest BCUT2D eigenvalue weighted by Crippen LogP contribution is -2.38. The maximum Gasteiger partial charge on any atom is 0.191 e. The smallest absolute Gasteiger partial charge is 0.191 e. The number of benzene rings is 1. The highest BCUT2D eigenvalue weighted by molar-refractivity contribution is 14.0. The van der Waals surface area contributed by atoms with E-state index in [0.29, 0.717) is 25.4 Å². The standard InChI is InChI=1S/C17H27N3O2.HI/c1-3-22-11-10-19-17(18-2)20-12-15-14-7-5-4-6-13(14)8-9-16(15)21;/h8-9,21H,3-7,10-12H2,1-2H3,(H2,18,19,20);1H. The van der Waals surface area contributed by atoms with Crippen LogP contribution in [0.1, 0.15) is 36.5 Å². The lowest BCUT2D eigenvalue weighted by Gasteiger charge is -2.21. The van der Waals surface area contributed by atoms with Crippen LogP contribution in [0.3, 0.4) is 0 Å². The normalized spacial score (nSPS) is 13.9. The average molecular weight is 433 g/mol. The molecule has 0 heterocycles. The zero-order valence-electron chi connectivity index (χ0n) is 14.0. The van der Waals surface area contributed by atoms with Crippen molar-refractivity contribution in [2.75, 3.05) is 26.8 Å². The topological polar surface area (TPSA) is 65.9 Å². The Morgan fingerprint density at radius 2 is 2.04 bits per heavy atom. The van der Waals surface area contributed by atoms with Gasteiger partial charge in [0.2, 0.25) is 0 Å². The number of phenols is 1. The number of fused-ring (bicyclic) bond motifs is 1. The molecule has 0 atom stereocenters. The Labute approximate surface area is 155 Å². The molecule has 0 saturated heterocycles. The van der Waals surface area contributed by atoms with Gasteiger partial charge in [-0.3, -0.25) is 4.99 Å². The van der Waals surface area contributed by atoms with E-state index < -0.39 is 0 Å². The number of nitrogens with one attached hydrogen (secondary N) is 2. The number of halogens is 1. The third kappa shape index (κ3) is 5.84. The van der Waals surface area contributed by atoms with Crippen LogP contribution in [0.2, 0.25) is 0 Å². The molecule has 130 valence electrons. The summed E-state index contributed by atoms with van der Waals surface area (Å²) in [5.41, 5.74) is 3.69. The molecule has 1 aliphatic rings. The van der Waals surface area contributed by atoms with Gasteiger partial charge in [0.15, 0.2) is 5.96 Å². The highest BCUT2D eigenvalue weighted by Crippen LogP contribution is 2.30. The van der Waals surface area contributed by atoms with E-state index in [1.165, 1.54) is 24.0 Å². The fourth-order valence-electron chi connectivity index (χ4n) is 2.87. The van der Waals surface area contributed by atoms with Gasteiger partial charge in [0.1, 0.15) is 5.75 Å². The molecule has 0 bridgehead atoms. The quantitative estimate of drug-likeness (QED) is 0.279. The van der Waals surface area contributed by atoms with Crippen LogP contribution in [0.25, 0.3) is 0 Å². The van der Waals surface area contributed by atoms with Gasteiger partial charge in [-0.1, -0.05) is 6.07 Å². The van der Waals surface area contributed by atoms with Gasteiger partial charge in [-0.15, -0.1) is 24.0 Å². The predicted molar refractivity (Wildman–Crippen MR) is 105 cm³/mol. The summed E-state index contributed by atoms with van der Waals surface area (Å²) in [4.78, 5) is 4.20. The van der Waals surface area contributed by atoms with Crippen molar-refractivity contribution in [1.82, 2.24) is 10.6 Å². The Bertz CT molecular complexity index is 521. The van der Waals surface area contributed by atoms with Crippen molar-refractivity contribution >= 4 is 29.9 Å². The molecule has 0 amide bonds. The zero-order valence-corrected chi connectivity index (χ0v) is 16.4. The zero-order chi connectivity index (χ0) is 15.8. The Hall–Kier alpha value is -1.02. The van der Waals surface area contributed by atoms with Crippen LogP contribution in [-0.4, -0.2) is 37.9 Å². The summed E-state index contributed by atoms with van der Waals surface area (Å²) < 4.78 is 5.30. The van der Waals surface area contributed by atoms with Gasteiger partial charge < -0.3 is 20.5 Å². The number of aliphatic imine (C=N–C) groups is 1. The Balaban J connectivity index is 0.00000264. The first-order valence-corrected chi connectivity index (χ1v) is 8.11. The first-order valence-electron chi connectivity index (χ1n) is 8.11. The Morgan fingerprint density at radius 3 is 2.78 bits per heavy atom. The molecule has 0 radical (unpaired) electrons. The summed E-state index contributed by atoms with van der Waals surface area (Å²) in [6.07, 6.45) is 4.61. The van der Waals surface area contributed by atoms with Crippen molar-refractivity contribution in [1.29, 1.82) is 0 Å². The van der Waals surface area contributed by atoms with E-state index in [2.05, 4.69) is 21.7 Å². The Morgan fingerprint density at radius 1 is 1.26 bits per heavy atom. The third-order valence-corrected chi connectivity index (χ3v) is 4.03. The number of hydrogen-bond donors (Lipinski definition) is 3. The van der Waals surface area contributed by atoms with Crippen molar-refractivity contribution in [2.45, 2.75) is 39.2 Å². The summed E-state index contributed by atoms with van der Waals surface area (Å²) >= 11 is 0. The summed E-state index contributed by atoms with van der Waals surface area (Å²) in [5.74, 6) is 1.10. The molecule has 5 nitrogen and oxygen atoms in total. The minimum atomic E-state index is 0. The Kier molecular flexibility index (Phi) is 9.31. The number of ether oxygens (including phenoxy) is 1. The second-order valence-corrected chi connectivity index (χ2v) is 5.46. The molecule has 0 saturated carbocycles. The van der Waals surface area contributed by atoms with Crippen molar-refractivity contribution in [2.24, 2.45) is 4.99 Å². The number of phenolic OH excluding ortho intramolecular Hbond substituents is 1. The largest absolute Gasteiger partial charge is 0.508 e. The minimum absolute atomic E-state index is 0. The van der Waals surface area contributed by atoms with Gasteiger partial charge in [-0.2, -0.15) is 0 Å². The molecule has 0 aromatic heterocycles. The van der Waals surface area contributed by atoms with Gasteiger partial charge in [0.25, 0.3) is 0 Å². The maximum atomic E-state index is 10.2. The van der Waals surface area contributed by atoms with Crippen LogP contribution in [0.4, 0.5) is 0 Å². The molecule has 0 aliphatic heterocycles. The monoisotopic (exact) mass is 433 g/mol. The molecular weight excluding hydrogens is 405 g/mol. The van der Waals surface area contributed by atoms with Crippen LogP contribution >= 0.6 is 24.0 Å². The van der Waals surface area contributed by atoms with Gasteiger partial charge in [-0.05, 0) is 49.8 Å². The van der Waals surface area contributed by atoms with Gasteiger partial charge in [0.05, 0.1) is 6.61 Å². The summed E-state index contributed by atoms with van der Waals surface area (Å²) in [5, 5.41) is 16.7. The number of rotatable bonds is 6. The second-order valence-electron chi connectivity index (χ2n) is 5.46. The highest BCUT2D eigenvalue weighted by Gasteiger charge is 2.16. The lowest BCUT2D eigenvalue weighted by molar-refractivity contribution is 0.152. The molecular formula is C17H28IN3O2. The van der Waals surface area contributed by atoms with Gasteiger partial charge in [-0.25, -0.2) is 0 Å². The van der Waals surface area contributed by atoms with E-state index in [4.69, 9.17) is 4.74 Å². The molecule has 1 aromatic carbocycles. The number of nitrogens with zero attached hydrogens (tertiary/aromatic N) is 1. The van der Waals surface area contributed by atoms with E-state index >= 15 is 0 Å². The molecule has 3 N–H and O–H groups in total. The predicted octanol–water partition coefficient (Wildman–Crippen LogP) is 2.59. The van der Waals surface area contributed by atoms with E-state index in [1.807, 2.05) is 13.0 Å². The van der Waals surface area contributed by atoms with E-state index in [1.54, 1.807) is 7.05 Å². The average Bonchev–Trinajstić information content (AvgIpc) is 2.55. The van der Waals surface area contributed by atoms with Crippen LogP contribution < -0.4 is 10.6 Å². The first kappa shape index (κ1) is 20.0. The summed E-state index contributed by atoms with van der Waals surface area (Å²) in [7, 11) is 1.75. The number of guanidine groups is 1. The molecule has 6 heteroatoms. The molecule has 23 heavy (non-hydrogen) atoms.